The molecule has 1 aliphatic carbocycles. The van der Waals surface area contributed by atoms with E-state index in [9.17, 15) is 13.2 Å². The van der Waals surface area contributed by atoms with Crippen LogP contribution in [0.4, 0.5) is 24.9 Å². The number of hydrogen-bond acceptors (Lipinski definition) is 5. The van der Waals surface area contributed by atoms with Crippen molar-refractivity contribution in [1.82, 2.24) is 15.3 Å². The van der Waals surface area contributed by atoms with Crippen molar-refractivity contribution in [3.8, 4) is 0 Å². The highest BCUT2D eigenvalue weighted by Crippen LogP contribution is 2.32. The van der Waals surface area contributed by atoms with Gasteiger partial charge in [-0.15, -0.1) is 0 Å². The van der Waals surface area contributed by atoms with Gasteiger partial charge in [-0.05, 0) is 74.9 Å². The van der Waals surface area contributed by atoms with Crippen LogP contribution in [0.5, 0.6) is 0 Å². The Morgan fingerprint density at radius 2 is 1.65 bits per heavy atom. The predicted molar refractivity (Wildman–Crippen MR) is 131 cm³/mol. The molecule has 34 heavy (non-hydrogen) atoms. The molecule has 1 saturated carbocycles. The van der Waals surface area contributed by atoms with Crippen LogP contribution in [0.1, 0.15) is 36.8 Å². The smallest absolute Gasteiger partial charge is 0.362 e. The van der Waals surface area contributed by atoms with E-state index in [4.69, 9.17) is 9.97 Å². The fourth-order valence-electron chi connectivity index (χ4n) is 4.70. The van der Waals surface area contributed by atoms with Gasteiger partial charge in [-0.25, -0.2) is 4.98 Å². The summed E-state index contributed by atoms with van der Waals surface area (Å²) in [5.74, 6) is 2.09. The third kappa shape index (κ3) is 5.97. The minimum Gasteiger partial charge on any atom is -0.362 e. The lowest BCUT2D eigenvalue weighted by Crippen LogP contribution is -2.32. The maximum absolute atomic E-state index is 13.1. The second-order valence-corrected chi connectivity index (χ2v) is 9.25. The number of benzene rings is 2. The van der Waals surface area contributed by atoms with Crippen LogP contribution < -0.4 is 15.5 Å². The Bertz CT molecular complexity index is 1090. The average molecular weight is 472 g/mol. The Balaban J connectivity index is 1.25. The second-order valence-electron chi connectivity index (χ2n) is 9.25. The first-order valence-electron chi connectivity index (χ1n) is 11.9. The van der Waals surface area contributed by atoms with Gasteiger partial charge in [0.25, 0.3) is 0 Å². The maximum Gasteiger partial charge on any atom is 0.416 e. The van der Waals surface area contributed by atoms with Gasteiger partial charge in [0, 0.05) is 25.5 Å². The SMILES string of the molecule is CN(C)c1nc(NC2CCC(CNCCc3ccccc3C(F)(F)F)CC2)nc2ccccc12. The summed E-state index contributed by atoms with van der Waals surface area (Å²) in [7, 11) is 3.97. The minimum atomic E-state index is -4.30. The van der Waals surface area contributed by atoms with Crippen LogP contribution in [0.25, 0.3) is 10.9 Å². The molecule has 0 spiro atoms. The zero-order valence-corrected chi connectivity index (χ0v) is 19.7. The first-order chi connectivity index (χ1) is 16.3. The maximum atomic E-state index is 13.1. The van der Waals surface area contributed by atoms with Crippen LogP contribution in [0, 0.1) is 5.92 Å². The number of anilines is 2. The van der Waals surface area contributed by atoms with Crippen LogP contribution in [-0.4, -0.2) is 43.2 Å². The number of hydrogen-bond donors (Lipinski definition) is 2. The van der Waals surface area contributed by atoms with E-state index in [1.807, 2.05) is 43.3 Å². The molecular weight excluding hydrogens is 439 g/mol. The number of fused-ring (bicyclic) bond motifs is 1. The summed E-state index contributed by atoms with van der Waals surface area (Å²) in [5.41, 5.74) is 0.744. The number of halogens is 3. The zero-order valence-electron chi connectivity index (χ0n) is 19.7. The van der Waals surface area contributed by atoms with Gasteiger partial charge in [-0.2, -0.15) is 18.2 Å². The molecule has 5 nitrogen and oxygen atoms in total. The summed E-state index contributed by atoms with van der Waals surface area (Å²) in [6.07, 6.45) is 0.257. The van der Waals surface area contributed by atoms with E-state index in [0.717, 1.165) is 55.0 Å². The van der Waals surface area contributed by atoms with Crippen molar-refractivity contribution in [2.24, 2.45) is 5.92 Å². The van der Waals surface area contributed by atoms with Gasteiger partial charge in [0.15, 0.2) is 0 Å². The van der Waals surface area contributed by atoms with E-state index in [-0.39, 0.29) is 0 Å². The molecule has 0 amide bonds. The van der Waals surface area contributed by atoms with E-state index >= 15 is 0 Å². The van der Waals surface area contributed by atoms with Gasteiger partial charge in [0.05, 0.1) is 11.1 Å². The van der Waals surface area contributed by atoms with E-state index in [1.165, 1.54) is 6.07 Å². The summed E-state index contributed by atoms with van der Waals surface area (Å²) in [5, 5.41) is 7.92. The van der Waals surface area contributed by atoms with Crippen LogP contribution in [-0.2, 0) is 12.6 Å². The Morgan fingerprint density at radius 1 is 0.941 bits per heavy atom. The third-order valence-corrected chi connectivity index (χ3v) is 6.51. The molecule has 1 fully saturated rings. The number of para-hydroxylation sites is 1. The quantitative estimate of drug-likeness (QED) is 0.424. The molecule has 4 rings (SSSR count). The number of nitrogens with one attached hydrogen (secondary N) is 2. The van der Waals surface area contributed by atoms with Gasteiger partial charge in [-0.1, -0.05) is 30.3 Å². The molecule has 2 aromatic carbocycles. The number of nitrogens with zero attached hydrogens (tertiary/aromatic N) is 3. The Hall–Kier alpha value is -2.87. The topological polar surface area (TPSA) is 53.1 Å². The molecule has 3 aromatic rings. The summed E-state index contributed by atoms with van der Waals surface area (Å²) in [6, 6.07) is 14.2. The zero-order chi connectivity index (χ0) is 24.1. The molecule has 1 heterocycles. The monoisotopic (exact) mass is 471 g/mol. The molecular formula is C26H32F3N5. The van der Waals surface area contributed by atoms with E-state index < -0.39 is 11.7 Å². The number of rotatable bonds is 8. The van der Waals surface area contributed by atoms with Crippen LogP contribution in [0.3, 0.4) is 0 Å². The molecule has 0 saturated heterocycles. The van der Waals surface area contributed by atoms with Gasteiger partial charge in [0.2, 0.25) is 5.95 Å². The minimum absolute atomic E-state index is 0.325. The van der Waals surface area contributed by atoms with E-state index in [2.05, 4.69) is 10.6 Å². The lowest BCUT2D eigenvalue weighted by atomic mass is 9.86. The predicted octanol–water partition coefficient (Wildman–Crippen LogP) is 5.52. The highest BCUT2D eigenvalue weighted by molar-refractivity contribution is 5.90. The van der Waals surface area contributed by atoms with E-state index in [1.54, 1.807) is 12.1 Å². The highest BCUT2D eigenvalue weighted by atomic mass is 19.4. The van der Waals surface area contributed by atoms with Crippen LogP contribution in [0.2, 0.25) is 0 Å². The summed E-state index contributed by atoms with van der Waals surface area (Å²) < 4.78 is 39.4. The standard InChI is InChI=1S/C26H32F3N5/c1-34(2)24-21-8-4-6-10-23(21)32-25(33-24)31-20-13-11-18(12-14-20)17-30-16-15-19-7-3-5-9-22(19)26(27,28)29/h3-10,18,20,30H,11-17H2,1-2H3,(H,31,32,33). The third-order valence-electron chi connectivity index (χ3n) is 6.51. The van der Waals surface area contributed by atoms with Crippen LogP contribution in [0.15, 0.2) is 48.5 Å². The first kappa shape index (κ1) is 24.3. The number of alkyl halides is 3. The van der Waals surface area contributed by atoms with Crippen molar-refractivity contribution in [3.63, 3.8) is 0 Å². The molecule has 0 bridgehead atoms. The summed E-state index contributed by atoms with van der Waals surface area (Å²) in [6.45, 7) is 1.38. The lowest BCUT2D eigenvalue weighted by molar-refractivity contribution is -0.138. The van der Waals surface area contributed by atoms with Gasteiger partial charge in [-0.3, -0.25) is 0 Å². The normalized spacial score (nSPS) is 18.7. The average Bonchev–Trinajstić information content (AvgIpc) is 2.82. The molecule has 0 atom stereocenters. The van der Waals surface area contributed by atoms with Gasteiger partial charge in [0.1, 0.15) is 5.82 Å². The molecule has 1 aromatic heterocycles. The van der Waals surface area contributed by atoms with Crippen molar-refractivity contribution < 1.29 is 13.2 Å². The summed E-state index contributed by atoms with van der Waals surface area (Å²) >= 11 is 0. The Labute approximate surface area is 198 Å². The van der Waals surface area contributed by atoms with Crippen LogP contribution >= 0.6 is 0 Å². The van der Waals surface area contributed by atoms with E-state index in [0.29, 0.717) is 36.4 Å². The van der Waals surface area contributed by atoms with Gasteiger partial charge < -0.3 is 15.5 Å². The molecule has 8 heteroatoms. The summed E-state index contributed by atoms with van der Waals surface area (Å²) in [4.78, 5) is 11.4. The largest absolute Gasteiger partial charge is 0.416 e. The van der Waals surface area contributed by atoms with Crippen molar-refractivity contribution in [3.05, 3.63) is 59.7 Å². The first-order valence-corrected chi connectivity index (χ1v) is 11.9. The fraction of sp³-hybridized carbons (Fsp3) is 0.462. The molecule has 0 aliphatic heterocycles. The van der Waals surface area contributed by atoms with Crippen molar-refractivity contribution in [1.29, 1.82) is 0 Å². The highest BCUT2D eigenvalue weighted by Gasteiger charge is 2.32. The molecule has 2 N–H and O–H groups in total. The molecule has 1 aliphatic rings. The Kier molecular flexibility index (Phi) is 7.56. The molecule has 0 radical (unpaired) electrons. The lowest BCUT2D eigenvalue weighted by Gasteiger charge is -2.29. The van der Waals surface area contributed by atoms with Crippen molar-refractivity contribution >= 4 is 22.7 Å². The molecule has 182 valence electrons. The fourth-order valence-corrected chi connectivity index (χ4v) is 4.70. The van der Waals surface area contributed by atoms with Crippen molar-refractivity contribution in [2.75, 3.05) is 37.4 Å². The second kappa shape index (κ2) is 10.6. The van der Waals surface area contributed by atoms with Crippen molar-refractivity contribution in [2.45, 2.75) is 44.3 Å². The number of aromatic nitrogens is 2. The Morgan fingerprint density at radius 3 is 2.38 bits per heavy atom. The van der Waals surface area contributed by atoms with Gasteiger partial charge >= 0.3 is 6.18 Å². The molecule has 0 unspecified atom stereocenters.